The van der Waals surface area contributed by atoms with Crippen LogP contribution >= 0.6 is 0 Å². The van der Waals surface area contributed by atoms with Gasteiger partial charge in [0.25, 0.3) is 0 Å². The molecule has 0 spiro atoms. The van der Waals surface area contributed by atoms with Crippen LogP contribution in [-0.2, 0) is 16.0 Å². The zero-order valence-electron chi connectivity index (χ0n) is 14.5. The standard InChI is InChI=1S/C17H28N4O2/c1-10(9-15-11(2)20-21-12(15)3)16(22)18-13(4)17(23)19-14-7-5-6-8-14/h10,13-14H,5-9H2,1-4H3,(H,18,22)(H,19,23)(H,20,21)/t10-,13+/m0/s1. The van der Waals surface area contributed by atoms with E-state index in [2.05, 4.69) is 20.8 Å². The maximum absolute atomic E-state index is 12.3. The van der Waals surface area contributed by atoms with E-state index in [0.29, 0.717) is 6.42 Å². The van der Waals surface area contributed by atoms with Crippen molar-refractivity contribution < 1.29 is 9.59 Å². The number of carbonyl (C=O) groups is 2. The Bertz CT molecular complexity index is 541. The average Bonchev–Trinajstić information content (AvgIpc) is 3.12. The molecule has 0 aromatic carbocycles. The zero-order chi connectivity index (χ0) is 17.0. The van der Waals surface area contributed by atoms with Crippen LogP contribution in [0.25, 0.3) is 0 Å². The highest BCUT2D eigenvalue weighted by Gasteiger charge is 2.24. The van der Waals surface area contributed by atoms with E-state index in [9.17, 15) is 9.59 Å². The fourth-order valence-electron chi connectivity index (χ4n) is 3.09. The highest BCUT2D eigenvalue weighted by Crippen LogP contribution is 2.18. The molecule has 1 saturated carbocycles. The van der Waals surface area contributed by atoms with Crippen LogP contribution in [0.3, 0.4) is 0 Å². The second kappa shape index (κ2) is 7.62. The number of aryl methyl sites for hydroxylation is 2. The normalized spacial score (nSPS) is 17.7. The van der Waals surface area contributed by atoms with Crippen LogP contribution < -0.4 is 10.6 Å². The number of nitrogens with one attached hydrogen (secondary N) is 3. The molecule has 1 aliphatic carbocycles. The van der Waals surface area contributed by atoms with Crippen LogP contribution in [0.5, 0.6) is 0 Å². The molecule has 1 aromatic rings. The minimum absolute atomic E-state index is 0.0897. The Morgan fingerprint density at radius 1 is 1.22 bits per heavy atom. The van der Waals surface area contributed by atoms with E-state index in [0.717, 1.165) is 29.8 Å². The molecule has 6 nitrogen and oxygen atoms in total. The van der Waals surface area contributed by atoms with Crippen LogP contribution in [0, 0.1) is 19.8 Å². The minimum Gasteiger partial charge on any atom is -0.352 e. The SMILES string of the molecule is Cc1n[nH]c(C)c1C[C@H](C)C(=O)N[C@H](C)C(=O)NC1CCCC1. The Labute approximate surface area is 137 Å². The van der Waals surface area contributed by atoms with E-state index in [-0.39, 0.29) is 23.8 Å². The molecular weight excluding hydrogens is 292 g/mol. The molecule has 2 atom stereocenters. The van der Waals surface area contributed by atoms with Crippen LogP contribution in [-0.4, -0.2) is 34.1 Å². The molecule has 0 radical (unpaired) electrons. The summed E-state index contributed by atoms with van der Waals surface area (Å²) in [4.78, 5) is 24.5. The monoisotopic (exact) mass is 320 g/mol. The van der Waals surface area contributed by atoms with Crippen molar-refractivity contribution in [1.82, 2.24) is 20.8 Å². The van der Waals surface area contributed by atoms with E-state index in [1.165, 1.54) is 12.8 Å². The molecule has 128 valence electrons. The van der Waals surface area contributed by atoms with Gasteiger partial charge in [0, 0.05) is 17.7 Å². The van der Waals surface area contributed by atoms with Gasteiger partial charge in [-0.05, 0) is 45.6 Å². The van der Waals surface area contributed by atoms with Crippen molar-refractivity contribution in [1.29, 1.82) is 0 Å². The zero-order valence-corrected chi connectivity index (χ0v) is 14.5. The number of carbonyl (C=O) groups excluding carboxylic acids is 2. The van der Waals surface area contributed by atoms with E-state index >= 15 is 0 Å². The van der Waals surface area contributed by atoms with Crippen molar-refractivity contribution in [3.8, 4) is 0 Å². The van der Waals surface area contributed by atoms with Gasteiger partial charge in [-0.3, -0.25) is 14.7 Å². The number of rotatable bonds is 6. The van der Waals surface area contributed by atoms with Crippen molar-refractivity contribution in [2.24, 2.45) is 5.92 Å². The number of aromatic nitrogens is 2. The van der Waals surface area contributed by atoms with Crippen molar-refractivity contribution in [2.75, 3.05) is 0 Å². The Morgan fingerprint density at radius 2 is 1.87 bits per heavy atom. The fourth-order valence-corrected chi connectivity index (χ4v) is 3.09. The van der Waals surface area contributed by atoms with Crippen LogP contribution in [0.2, 0.25) is 0 Å². The quantitative estimate of drug-likeness (QED) is 0.746. The first-order valence-corrected chi connectivity index (χ1v) is 8.49. The van der Waals surface area contributed by atoms with Gasteiger partial charge in [0.15, 0.2) is 0 Å². The molecule has 3 N–H and O–H groups in total. The molecule has 1 fully saturated rings. The molecule has 0 unspecified atom stereocenters. The van der Waals surface area contributed by atoms with E-state index < -0.39 is 6.04 Å². The summed E-state index contributed by atoms with van der Waals surface area (Å²) in [6, 6.07) is -0.229. The van der Waals surface area contributed by atoms with Crippen molar-refractivity contribution in [2.45, 2.75) is 71.9 Å². The second-order valence-electron chi connectivity index (χ2n) is 6.74. The van der Waals surface area contributed by atoms with Gasteiger partial charge in [-0.2, -0.15) is 5.10 Å². The van der Waals surface area contributed by atoms with Gasteiger partial charge in [-0.25, -0.2) is 0 Å². The minimum atomic E-state index is -0.503. The number of H-pyrrole nitrogens is 1. The molecule has 2 amide bonds. The molecule has 1 aromatic heterocycles. The summed E-state index contributed by atoms with van der Waals surface area (Å²) in [6.45, 7) is 7.50. The van der Waals surface area contributed by atoms with Gasteiger partial charge in [-0.15, -0.1) is 0 Å². The molecule has 1 heterocycles. The first-order valence-electron chi connectivity index (χ1n) is 8.49. The number of hydrogen-bond acceptors (Lipinski definition) is 3. The molecular formula is C17H28N4O2. The van der Waals surface area contributed by atoms with Crippen LogP contribution in [0.15, 0.2) is 0 Å². The Kier molecular flexibility index (Phi) is 5.80. The lowest BCUT2D eigenvalue weighted by Gasteiger charge is -2.20. The van der Waals surface area contributed by atoms with Gasteiger partial charge < -0.3 is 10.6 Å². The lowest BCUT2D eigenvalue weighted by molar-refractivity contribution is -0.130. The number of hydrogen-bond donors (Lipinski definition) is 3. The topological polar surface area (TPSA) is 86.9 Å². The molecule has 6 heteroatoms. The van der Waals surface area contributed by atoms with Gasteiger partial charge in [0.2, 0.25) is 11.8 Å². The third kappa shape index (κ3) is 4.56. The highest BCUT2D eigenvalue weighted by atomic mass is 16.2. The van der Waals surface area contributed by atoms with E-state index in [1.54, 1.807) is 6.92 Å². The molecule has 0 bridgehead atoms. The number of aromatic amines is 1. The van der Waals surface area contributed by atoms with Gasteiger partial charge in [0.05, 0.1) is 5.69 Å². The van der Waals surface area contributed by atoms with Crippen LogP contribution in [0.1, 0.15) is 56.5 Å². The summed E-state index contributed by atoms with van der Waals surface area (Å²) in [5.74, 6) is -0.390. The largest absolute Gasteiger partial charge is 0.352 e. The van der Waals surface area contributed by atoms with Crippen LogP contribution in [0.4, 0.5) is 0 Å². The third-order valence-electron chi connectivity index (χ3n) is 4.69. The highest BCUT2D eigenvalue weighted by molar-refractivity contribution is 5.88. The first kappa shape index (κ1) is 17.5. The Morgan fingerprint density at radius 3 is 2.43 bits per heavy atom. The molecule has 0 aliphatic heterocycles. The predicted molar refractivity (Wildman–Crippen MR) is 88.9 cm³/mol. The summed E-state index contributed by atoms with van der Waals surface area (Å²) < 4.78 is 0. The molecule has 2 rings (SSSR count). The smallest absolute Gasteiger partial charge is 0.242 e. The van der Waals surface area contributed by atoms with Gasteiger partial charge in [-0.1, -0.05) is 19.8 Å². The van der Waals surface area contributed by atoms with Crippen molar-refractivity contribution >= 4 is 11.8 Å². The average molecular weight is 320 g/mol. The second-order valence-corrected chi connectivity index (χ2v) is 6.74. The van der Waals surface area contributed by atoms with Gasteiger partial charge >= 0.3 is 0 Å². The Hall–Kier alpha value is -1.85. The van der Waals surface area contributed by atoms with Crippen molar-refractivity contribution in [3.63, 3.8) is 0 Å². The molecule has 0 saturated heterocycles. The fraction of sp³-hybridized carbons (Fsp3) is 0.706. The maximum atomic E-state index is 12.3. The lowest BCUT2D eigenvalue weighted by atomic mass is 9.98. The van der Waals surface area contributed by atoms with Crippen molar-refractivity contribution in [3.05, 3.63) is 17.0 Å². The lowest BCUT2D eigenvalue weighted by Crippen LogP contribution is -2.48. The van der Waals surface area contributed by atoms with E-state index in [4.69, 9.17) is 0 Å². The summed E-state index contributed by atoms with van der Waals surface area (Å²) in [5, 5.41) is 12.9. The predicted octanol–water partition coefficient (Wildman–Crippen LogP) is 1.77. The molecule has 1 aliphatic rings. The van der Waals surface area contributed by atoms with E-state index in [1.807, 2.05) is 20.8 Å². The summed E-state index contributed by atoms with van der Waals surface area (Å²) in [6.07, 6.45) is 5.05. The summed E-state index contributed by atoms with van der Waals surface area (Å²) in [5.41, 5.74) is 3.00. The maximum Gasteiger partial charge on any atom is 0.242 e. The number of amides is 2. The third-order valence-corrected chi connectivity index (χ3v) is 4.69. The molecule has 23 heavy (non-hydrogen) atoms. The van der Waals surface area contributed by atoms with Gasteiger partial charge in [0.1, 0.15) is 6.04 Å². The summed E-state index contributed by atoms with van der Waals surface area (Å²) >= 11 is 0. The summed E-state index contributed by atoms with van der Waals surface area (Å²) in [7, 11) is 0. The number of nitrogens with zero attached hydrogens (tertiary/aromatic N) is 1. The first-order chi connectivity index (χ1) is 10.9. The Balaban J connectivity index is 1.83.